The van der Waals surface area contributed by atoms with E-state index in [9.17, 15) is 18.0 Å². The zero-order valence-electron chi connectivity index (χ0n) is 24.9. The summed E-state index contributed by atoms with van der Waals surface area (Å²) in [6.07, 6.45) is 4.64. The van der Waals surface area contributed by atoms with Gasteiger partial charge in [0.2, 0.25) is 5.91 Å². The third kappa shape index (κ3) is 6.60. The monoisotopic (exact) mass is 649 g/mol. The first kappa shape index (κ1) is 31.2. The number of hydroxylamine groups is 1. The molecule has 4 heterocycles. The number of rotatable bonds is 8. The molecule has 0 saturated carbocycles. The van der Waals surface area contributed by atoms with Crippen molar-refractivity contribution < 1.29 is 32.0 Å². The maximum Gasteiger partial charge on any atom is 0.254 e. The smallest absolute Gasteiger partial charge is 0.254 e. The van der Waals surface area contributed by atoms with Crippen molar-refractivity contribution in [3.63, 3.8) is 0 Å². The van der Waals surface area contributed by atoms with Crippen LogP contribution >= 0.6 is 11.3 Å². The Bertz CT molecular complexity index is 1750. The van der Waals surface area contributed by atoms with Crippen LogP contribution in [-0.4, -0.2) is 61.9 Å². The molecule has 2 aliphatic rings. The van der Waals surface area contributed by atoms with Gasteiger partial charge in [-0.05, 0) is 55.5 Å². The number of aromatic nitrogens is 1. The number of hydrogen-bond donors (Lipinski definition) is 1. The van der Waals surface area contributed by atoms with E-state index in [1.54, 1.807) is 29.3 Å². The Hall–Kier alpha value is -3.84. The van der Waals surface area contributed by atoms with Gasteiger partial charge in [0.15, 0.2) is 28.3 Å². The van der Waals surface area contributed by atoms with E-state index in [-0.39, 0.29) is 37.6 Å². The summed E-state index contributed by atoms with van der Waals surface area (Å²) < 4.78 is 37.9. The van der Waals surface area contributed by atoms with Gasteiger partial charge in [0.25, 0.3) is 5.91 Å². The summed E-state index contributed by atoms with van der Waals surface area (Å²) in [5.74, 6) is -0.407. The van der Waals surface area contributed by atoms with Crippen LogP contribution in [0.4, 0.5) is 0 Å². The van der Waals surface area contributed by atoms with Gasteiger partial charge >= 0.3 is 0 Å². The van der Waals surface area contributed by atoms with Gasteiger partial charge in [-0.15, -0.1) is 11.3 Å². The molecule has 2 amide bonds. The lowest BCUT2D eigenvalue weighted by Crippen LogP contribution is -2.43. The molecule has 2 saturated heterocycles. The minimum Gasteiger partial charge on any atom is -0.444 e. The van der Waals surface area contributed by atoms with Crippen molar-refractivity contribution in [3.05, 3.63) is 89.3 Å². The van der Waals surface area contributed by atoms with E-state index in [1.807, 2.05) is 49.4 Å². The Labute approximate surface area is 266 Å². The molecule has 0 aliphatic carbocycles. The van der Waals surface area contributed by atoms with Crippen molar-refractivity contribution in [1.82, 2.24) is 15.4 Å². The van der Waals surface area contributed by atoms with E-state index >= 15 is 0 Å². The largest absolute Gasteiger partial charge is 0.444 e. The predicted octanol–water partition coefficient (Wildman–Crippen LogP) is 5.50. The van der Waals surface area contributed by atoms with Gasteiger partial charge in [-0.25, -0.2) is 23.7 Å². The number of thiophene rings is 1. The number of nitrogens with zero attached hydrogens (tertiary/aromatic N) is 2. The number of hydrogen-bond acceptors (Lipinski definition) is 9. The molecule has 45 heavy (non-hydrogen) atoms. The summed E-state index contributed by atoms with van der Waals surface area (Å²) in [4.78, 5) is 39.4. The van der Waals surface area contributed by atoms with E-state index in [1.165, 1.54) is 17.7 Å². The van der Waals surface area contributed by atoms with Gasteiger partial charge in [0.05, 0.1) is 18.4 Å². The number of nitrogens with one attached hydrogen (secondary N) is 1. The van der Waals surface area contributed by atoms with E-state index in [2.05, 4.69) is 10.5 Å². The van der Waals surface area contributed by atoms with Gasteiger partial charge in [0, 0.05) is 47.0 Å². The molecule has 0 radical (unpaired) electrons. The number of sulfone groups is 1. The highest BCUT2D eigenvalue weighted by Crippen LogP contribution is 2.45. The quantitative estimate of drug-likeness (QED) is 0.248. The number of carbonyl (C=O) groups is 2. The minimum absolute atomic E-state index is 0.0343. The number of carbonyl (C=O) groups excluding carboxylic acids is 2. The molecule has 236 valence electrons. The summed E-state index contributed by atoms with van der Waals surface area (Å²) >= 11 is 1.34. The highest BCUT2D eigenvalue weighted by Gasteiger charge is 2.50. The van der Waals surface area contributed by atoms with Gasteiger partial charge in [-0.1, -0.05) is 42.5 Å². The lowest BCUT2D eigenvalue weighted by atomic mass is 9.97. The number of amides is 2. The van der Waals surface area contributed by atoms with Crippen molar-refractivity contribution in [2.45, 2.75) is 50.1 Å². The minimum atomic E-state index is -3.93. The Morgan fingerprint density at radius 3 is 2.60 bits per heavy atom. The maximum atomic E-state index is 14.3. The van der Waals surface area contributed by atoms with Gasteiger partial charge < -0.3 is 14.1 Å². The van der Waals surface area contributed by atoms with Gasteiger partial charge in [-0.3, -0.25) is 9.59 Å². The molecule has 2 aromatic carbocycles. The maximum absolute atomic E-state index is 14.3. The van der Waals surface area contributed by atoms with Crippen LogP contribution < -0.4 is 5.48 Å². The van der Waals surface area contributed by atoms with Crippen LogP contribution in [0.3, 0.4) is 0 Å². The molecule has 2 unspecified atom stereocenters. The van der Waals surface area contributed by atoms with Crippen LogP contribution in [0.2, 0.25) is 0 Å². The molecule has 2 aliphatic heterocycles. The third-order valence-corrected chi connectivity index (χ3v) is 12.4. The molecule has 2 atom stereocenters. The van der Waals surface area contributed by atoms with E-state index in [0.717, 1.165) is 34.4 Å². The Morgan fingerprint density at radius 1 is 1.07 bits per heavy atom. The van der Waals surface area contributed by atoms with Crippen molar-refractivity contribution in [2.24, 2.45) is 0 Å². The zero-order valence-corrected chi connectivity index (χ0v) is 26.6. The molecule has 12 heteroatoms. The van der Waals surface area contributed by atoms with Gasteiger partial charge in [0.1, 0.15) is 4.75 Å². The number of oxazole rings is 1. The average Bonchev–Trinajstić information content (AvgIpc) is 3.75. The van der Waals surface area contributed by atoms with Crippen LogP contribution in [0, 0.1) is 6.92 Å². The molecule has 2 aromatic heterocycles. The first-order chi connectivity index (χ1) is 21.8. The number of ether oxygens (including phenoxy) is 1. The van der Waals surface area contributed by atoms with Crippen LogP contribution in [0.25, 0.3) is 21.8 Å². The normalized spacial score (nSPS) is 21.6. The van der Waals surface area contributed by atoms with Crippen molar-refractivity contribution in [3.8, 4) is 21.8 Å². The molecule has 0 spiro atoms. The van der Waals surface area contributed by atoms with Crippen LogP contribution in [0.1, 0.15) is 52.9 Å². The highest BCUT2D eigenvalue weighted by atomic mass is 32.2. The standard InChI is InChI=1S/C33H35N3O7S2/c1-23-6-2-3-7-26(23)32(38)36-16-15-33(45(39,40)19-17-36,20-30(37)35-43-31-8-4-5-18-41-31)29-14-13-28(44-29)25-11-9-24(10-12-25)27-21-34-22-42-27/h2-3,6-7,9-14,21-22,31H,4-5,8,15-20H2,1H3,(H,35,37). The van der Waals surface area contributed by atoms with E-state index < -0.39 is 26.8 Å². The summed E-state index contributed by atoms with van der Waals surface area (Å²) in [7, 11) is -3.93. The molecule has 4 aromatic rings. The fourth-order valence-electron chi connectivity index (χ4n) is 5.88. The second-order valence-corrected chi connectivity index (χ2v) is 14.9. The van der Waals surface area contributed by atoms with E-state index in [0.29, 0.717) is 29.2 Å². The first-order valence-corrected chi connectivity index (χ1v) is 17.5. The third-order valence-electron chi connectivity index (χ3n) is 8.50. The van der Waals surface area contributed by atoms with E-state index in [4.69, 9.17) is 14.0 Å². The lowest BCUT2D eigenvalue weighted by Gasteiger charge is -2.31. The van der Waals surface area contributed by atoms with Crippen LogP contribution in [0.15, 0.2) is 77.7 Å². The Morgan fingerprint density at radius 2 is 1.87 bits per heavy atom. The van der Waals surface area contributed by atoms with Gasteiger partial charge in [-0.2, -0.15) is 0 Å². The molecule has 6 rings (SSSR count). The lowest BCUT2D eigenvalue weighted by molar-refractivity contribution is -0.200. The fraction of sp³-hybridized carbons (Fsp3) is 0.364. The Kier molecular flexibility index (Phi) is 9.18. The van der Waals surface area contributed by atoms with Crippen molar-refractivity contribution in [2.75, 3.05) is 25.4 Å². The summed E-state index contributed by atoms with van der Waals surface area (Å²) in [6, 6.07) is 18.7. The fourth-order valence-corrected chi connectivity index (χ4v) is 9.49. The van der Waals surface area contributed by atoms with Crippen molar-refractivity contribution >= 4 is 33.0 Å². The molecular weight excluding hydrogens is 615 g/mol. The predicted molar refractivity (Wildman–Crippen MR) is 170 cm³/mol. The van der Waals surface area contributed by atoms with Crippen LogP contribution in [0.5, 0.6) is 0 Å². The molecule has 1 N–H and O–H groups in total. The zero-order chi connectivity index (χ0) is 31.4. The molecule has 2 fully saturated rings. The Balaban J connectivity index is 1.30. The van der Waals surface area contributed by atoms with Crippen LogP contribution in [-0.2, 0) is 29.0 Å². The summed E-state index contributed by atoms with van der Waals surface area (Å²) in [6.45, 7) is 2.61. The van der Waals surface area contributed by atoms with Crippen molar-refractivity contribution in [1.29, 1.82) is 0 Å². The summed E-state index contributed by atoms with van der Waals surface area (Å²) in [5, 5.41) is 0. The molecular formula is C33H35N3O7S2. The first-order valence-electron chi connectivity index (χ1n) is 15.0. The SMILES string of the molecule is Cc1ccccc1C(=O)N1CCC(CC(=O)NOC2CCCCO2)(c2ccc(-c3ccc(-c4cnco4)cc3)s2)S(=O)(=O)CC1. The highest BCUT2D eigenvalue weighted by molar-refractivity contribution is 7.92. The topological polar surface area (TPSA) is 128 Å². The number of aryl methyl sites for hydroxylation is 1. The second kappa shape index (κ2) is 13.3. The molecule has 10 nitrogen and oxygen atoms in total. The summed E-state index contributed by atoms with van der Waals surface area (Å²) in [5.41, 5.74) is 5.58. The average molecular weight is 650 g/mol. The number of benzene rings is 2. The molecule has 0 bridgehead atoms. The second-order valence-electron chi connectivity index (χ2n) is 11.4.